The molecule has 1 aliphatic carbocycles. The molecule has 0 spiro atoms. The fourth-order valence-electron chi connectivity index (χ4n) is 4.38. The Morgan fingerprint density at radius 3 is 1.83 bits per heavy atom. The lowest BCUT2D eigenvalue weighted by Crippen LogP contribution is -2.39. The lowest BCUT2D eigenvalue weighted by Gasteiger charge is -2.27. The number of likely N-dealkylation sites (N-methyl/N-ethyl adjacent to an activating group) is 1. The van der Waals surface area contributed by atoms with E-state index in [0.717, 1.165) is 24.3 Å². The Hall–Kier alpha value is -3.66. The maximum atomic E-state index is 13.8. The standard InChI is InChI=1S/C31H26Cl2F4N2O3/c1-39(2)7-8-42-30-23(32)15-21(16-24(30)33)31(41)38-22-13-19(9-17-3-5-25(34)27(36)11-17)29(40)20(14-22)10-18-4-6-26(35)28(37)12-18/h3-6,9-12,15-16,22H,7-8,13-14H2,1-2H3,(H,38,41)/b19-9+,20-10+. The van der Waals surface area contributed by atoms with Crippen LogP contribution in [0.2, 0.25) is 10.0 Å². The quantitative estimate of drug-likeness (QED) is 0.215. The van der Waals surface area contributed by atoms with Crippen LogP contribution in [0.3, 0.4) is 0 Å². The molecule has 0 unspecified atom stereocenters. The molecular formula is C31H26Cl2F4N2O3. The van der Waals surface area contributed by atoms with Crippen molar-refractivity contribution in [2.75, 3.05) is 27.2 Å². The van der Waals surface area contributed by atoms with Crippen molar-refractivity contribution >= 4 is 47.0 Å². The lowest BCUT2D eigenvalue weighted by molar-refractivity contribution is -0.113. The summed E-state index contributed by atoms with van der Waals surface area (Å²) in [6.45, 7) is 0.949. The molecule has 0 aromatic heterocycles. The molecule has 1 N–H and O–H groups in total. The molecule has 4 rings (SSSR count). The van der Waals surface area contributed by atoms with Gasteiger partial charge in [-0.25, -0.2) is 17.6 Å². The lowest BCUT2D eigenvalue weighted by atomic mass is 9.83. The fourth-order valence-corrected chi connectivity index (χ4v) is 4.98. The highest BCUT2D eigenvalue weighted by Crippen LogP contribution is 2.35. The van der Waals surface area contributed by atoms with Crippen molar-refractivity contribution in [3.63, 3.8) is 0 Å². The monoisotopic (exact) mass is 620 g/mol. The molecule has 3 aromatic carbocycles. The van der Waals surface area contributed by atoms with Crippen LogP contribution in [0.1, 0.15) is 34.3 Å². The first-order chi connectivity index (χ1) is 19.9. The van der Waals surface area contributed by atoms with Gasteiger partial charge in [-0.05, 0) is 86.6 Å². The number of nitrogens with zero attached hydrogens (tertiary/aromatic N) is 1. The number of rotatable bonds is 8. The smallest absolute Gasteiger partial charge is 0.251 e. The molecule has 0 bridgehead atoms. The van der Waals surface area contributed by atoms with Gasteiger partial charge in [0.1, 0.15) is 6.61 Å². The van der Waals surface area contributed by atoms with Crippen LogP contribution in [-0.4, -0.2) is 49.9 Å². The Labute approximate surface area is 250 Å². The van der Waals surface area contributed by atoms with Crippen LogP contribution in [0.25, 0.3) is 12.2 Å². The maximum Gasteiger partial charge on any atom is 0.251 e. The molecule has 1 saturated carbocycles. The van der Waals surface area contributed by atoms with Gasteiger partial charge in [0.15, 0.2) is 34.8 Å². The minimum absolute atomic E-state index is 0.0614. The molecule has 0 atom stereocenters. The highest BCUT2D eigenvalue weighted by atomic mass is 35.5. The van der Waals surface area contributed by atoms with Crippen LogP contribution in [-0.2, 0) is 4.79 Å². The summed E-state index contributed by atoms with van der Waals surface area (Å²) in [6, 6.07) is 8.59. The first kappa shape index (κ1) is 31.3. The van der Waals surface area contributed by atoms with Crippen molar-refractivity contribution in [2.24, 2.45) is 0 Å². The number of ether oxygens (including phenoxy) is 1. The summed E-state index contributed by atoms with van der Waals surface area (Å²) in [5, 5.41) is 3.14. The fraction of sp³-hybridized carbons (Fsp3) is 0.226. The number of hydrogen-bond acceptors (Lipinski definition) is 4. The van der Waals surface area contributed by atoms with Crippen molar-refractivity contribution in [1.82, 2.24) is 10.2 Å². The molecule has 1 amide bonds. The molecule has 0 saturated heterocycles. The number of amides is 1. The Bertz CT molecular complexity index is 1490. The number of carbonyl (C=O) groups excluding carboxylic acids is 2. The summed E-state index contributed by atoms with van der Waals surface area (Å²) < 4.78 is 60.3. The zero-order chi connectivity index (χ0) is 30.6. The second-order valence-corrected chi connectivity index (χ2v) is 10.8. The largest absolute Gasteiger partial charge is 0.489 e. The summed E-state index contributed by atoms with van der Waals surface area (Å²) in [5.74, 6) is -4.97. The number of halogens is 6. The predicted molar refractivity (Wildman–Crippen MR) is 155 cm³/mol. The van der Waals surface area contributed by atoms with Gasteiger partial charge in [0.05, 0.1) is 10.0 Å². The third-order valence-electron chi connectivity index (χ3n) is 6.47. The van der Waals surface area contributed by atoms with Crippen molar-refractivity contribution < 1.29 is 31.9 Å². The SMILES string of the molecule is CN(C)CCOc1c(Cl)cc(C(=O)NC2C/C(=C\c3ccc(F)c(F)c3)C(=O)/C(=C/c3ccc(F)c(F)c3)C2)cc1Cl. The Balaban J connectivity index is 1.62. The third-order valence-corrected chi connectivity index (χ3v) is 7.03. The van der Waals surface area contributed by atoms with Gasteiger partial charge in [-0.2, -0.15) is 0 Å². The van der Waals surface area contributed by atoms with E-state index in [1.54, 1.807) is 0 Å². The normalized spacial score (nSPS) is 17.3. The van der Waals surface area contributed by atoms with Crippen molar-refractivity contribution in [3.05, 3.63) is 110 Å². The van der Waals surface area contributed by atoms with Gasteiger partial charge in [0.25, 0.3) is 5.91 Å². The minimum atomic E-state index is -1.09. The zero-order valence-corrected chi connectivity index (χ0v) is 24.1. The van der Waals surface area contributed by atoms with E-state index in [2.05, 4.69) is 5.32 Å². The van der Waals surface area contributed by atoms with E-state index in [0.29, 0.717) is 13.2 Å². The van der Waals surface area contributed by atoms with Crippen LogP contribution in [0.15, 0.2) is 59.7 Å². The second-order valence-electron chi connectivity index (χ2n) is 10.0. The Kier molecular flexibility index (Phi) is 10.1. The molecule has 5 nitrogen and oxygen atoms in total. The predicted octanol–water partition coefficient (Wildman–Crippen LogP) is 7.12. The molecule has 1 fully saturated rings. The molecule has 11 heteroatoms. The molecule has 0 aliphatic heterocycles. The van der Waals surface area contributed by atoms with E-state index in [4.69, 9.17) is 27.9 Å². The molecule has 3 aromatic rings. The van der Waals surface area contributed by atoms with Gasteiger partial charge in [-0.15, -0.1) is 0 Å². The van der Waals surface area contributed by atoms with Gasteiger partial charge in [0.2, 0.25) is 0 Å². The van der Waals surface area contributed by atoms with E-state index < -0.39 is 41.0 Å². The van der Waals surface area contributed by atoms with Crippen LogP contribution in [0.4, 0.5) is 17.6 Å². The van der Waals surface area contributed by atoms with Crippen molar-refractivity contribution in [3.8, 4) is 5.75 Å². The van der Waals surface area contributed by atoms with Crippen LogP contribution >= 0.6 is 23.2 Å². The van der Waals surface area contributed by atoms with Crippen molar-refractivity contribution in [1.29, 1.82) is 0 Å². The Morgan fingerprint density at radius 1 is 0.881 bits per heavy atom. The first-order valence-corrected chi connectivity index (χ1v) is 13.6. The van der Waals surface area contributed by atoms with E-state index in [-0.39, 0.29) is 56.5 Å². The number of benzene rings is 3. The number of nitrogens with one attached hydrogen (secondary N) is 1. The molecule has 220 valence electrons. The number of Topliss-reactive ketones (excluding diaryl/α,β-unsaturated/α-hetero) is 1. The van der Waals surface area contributed by atoms with Gasteiger partial charge in [-0.1, -0.05) is 35.3 Å². The molecule has 1 aliphatic rings. The van der Waals surface area contributed by atoms with E-state index in [1.165, 1.54) is 36.4 Å². The summed E-state index contributed by atoms with van der Waals surface area (Å²) in [4.78, 5) is 28.5. The first-order valence-electron chi connectivity index (χ1n) is 12.8. The van der Waals surface area contributed by atoms with E-state index >= 15 is 0 Å². The number of ketones is 1. The van der Waals surface area contributed by atoms with Crippen LogP contribution < -0.4 is 10.1 Å². The minimum Gasteiger partial charge on any atom is -0.489 e. The number of hydrogen-bond donors (Lipinski definition) is 1. The highest BCUT2D eigenvalue weighted by molar-refractivity contribution is 6.37. The van der Waals surface area contributed by atoms with Gasteiger partial charge in [-0.3, -0.25) is 9.59 Å². The van der Waals surface area contributed by atoms with E-state index in [9.17, 15) is 27.2 Å². The Morgan fingerprint density at radius 2 is 1.38 bits per heavy atom. The second kappa shape index (κ2) is 13.5. The van der Waals surface area contributed by atoms with Gasteiger partial charge in [0, 0.05) is 29.3 Å². The average molecular weight is 621 g/mol. The van der Waals surface area contributed by atoms with Crippen molar-refractivity contribution in [2.45, 2.75) is 18.9 Å². The molecular weight excluding hydrogens is 595 g/mol. The summed E-state index contributed by atoms with van der Waals surface area (Å²) in [5.41, 5.74) is 1.03. The maximum absolute atomic E-state index is 13.8. The van der Waals surface area contributed by atoms with Gasteiger partial charge < -0.3 is 15.0 Å². The molecule has 0 heterocycles. The van der Waals surface area contributed by atoms with E-state index in [1.807, 2.05) is 19.0 Å². The zero-order valence-electron chi connectivity index (χ0n) is 22.6. The highest BCUT2D eigenvalue weighted by Gasteiger charge is 2.29. The number of carbonyl (C=O) groups is 2. The molecule has 0 radical (unpaired) electrons. The topological polar surface area (TPSA) is 58.6 Å². The average Bonchev–Trinajstić information content (AvgIpc) is 2.92. The van der Waals surface area contributed by atoms with Gasteiger partial charge >= 0.3 is 0 Å². The summed E-state index contributed by atoms with van der Waals surface area (Å²) in [6.07, 6.45) is 2.92. The summed E-state index contributed by atoms with van der Waals surface area (Å²) in [7, 11) is 3.77. The third kappa shape index (κ3) is 7.79. The molecule has 42 heavy (non-hydrogen) atoms. The van der Waals surface area contributed by atoms with Crippen LogP contribution in [0.5, 0.6) is 5.75 Å². The van der Waals surface area contributed by atoms with Crippen LogP contribution in [0, 0.1) is 23.3 Å². The summed E-state index contributed by atoms with van der Waals surface area (Å²) >= 11 is 12.7.